The Kier molecular flexibility index (Phi) is 6.46. The number of hydrogen-bond donors (Lipinski definition) is 2. The van der Waals surface area contributed by atoms with Crippen LogP contribution in [0.3, 0.4) is 0 Å². The molecule has 3 aromatic rings. The van der Waals surface area contributed by atoms with Gasteiger partial charge in [0, 0.05) is 0 Å². The van der Waals surface area contributed by atoms with Gasteiger partial charge in [0.25, 0.3) is 5.91 Å². The van der Waals surface area contributed by atoms with Crippen molar-refractivity contribution < 1.29 is 19.4 Å². The van der Waals surface area contributed by atoms with Crippen molar-refractivity contribution in [3.8, 4) is 11.5 Å². The van der Waals surface area contributed by atoms with Crippen LogP contribution >= 0.6 is 0 Å². The van der Waals surface area contributed by atoms with Crippen molar-refractivity contribution in [1.29, 1.82) is 0 Å². The molecule has 0 radical (unpaired) electrons. The van der Waals surface area contributed by atoms with Crippen LogP contribution in [0.1, 0.15) is 40.7 Å². The summed E-state index contributed by atoms with van der Waals surface area (Å²) in [6.45, 7) is 2.07. The topological polar surface area (TPSA) is 98.5 Å². The molecule has 2 aromatic carbocycles. The number of nitrogens with zero attached hydrogens (tertiary/aromatic N) is 3. The Bertz CT molecular complexity index is 958. The molecule has 0 saturated heterocycles. The number of benzene rings is 2. The van der Waals surface area contributed by atoms with Gasteiger partial charge >= 0.3 is 0 Å². The first-order valence-electron chi connectivity index (χ1n) is 9.17. The predicted octanol–water partition coefficient (Wildman–Crippen LogP) is 2.52. The van der Waals surface area contributed by atoms with Gasteiger partial charge in [0.2, 0.25) is 0 Å². The van der Waals surface area contributed by atoms with Crippen LogP contribution in [0.5, 0.6) is 11.5 Å². The van der Waals surface area contributed by atoms with Gasteiger partial charge in [-0.3, -0.25) is 4.79 Å². The van der Waals surface area contributed by atoms with E-state index in [0.29, 0.717) is 11.5 Å². The molecule has 1 aromatic heterocycles. The summed E-state index contributed by atoms with van der Waals surface area (Å²) in [5.74, 6) is 0.856. The van der Waals surface area contributed by atoms with E-state index in [2.05, 4.69) is 15.6 Å². The Labute approximate surface area is 169 Å². The average molecular weight is 396 g/mol. The van der Waals surface area contributed by atoms with Crippen LogP contribution in [0.2, 0.25) is 0 Å². The number of aliphatic hydroxyl groups is 1. The van der Waals surface area contributed by atoms with Crippen molar-refractivity contribution in [3.05, 3.63) is 71.5 Å². The summed E-state index contributed by atoms with van der Waals surface area (Å²) in [5.41, 5.74) is 1.82. The van der Waals surface area contributed by atoms with E-state index in [1.807, 2.05) is 49.4 Å². The first kappa shape index (κ1) is 20.3. The number of aromatic nitrogens is 3. The summed E-state index contributed by atoms with van der Waals surface area (Å²) in [6.07, 6.45) is 0.780. The normalized spacial score (nSPS) is 12.8. The van der Waals surface area contributed by atoms with Gasteiger partial charge in [0.05, 0.1) is 39.1 Å². The Hall–Kier alpha value is -3.39. The van der Waals surface area contributed by atoms with Crippen molar-refractivity contribution in [1.82, 2.24) is 20.3 Å². The van der Waals surface area contributed by atoms with Crippen molar-refractivity contribution in [3.63, 3.8) is 0 Å². The molecule has 1 amide bonds. The lowest BCUT2D eigenvalue weighted by atomic mass is 10.1. The van der Waals surface area contributed by atoms with Crippen LogP contribution in [-0.2, 0) is 6.54 Å². The van der Waals surface area contributed by atoms with Crippen LogP contribution in [-0.4, -0.2) is 40.2 Å². The molecular formula is C21H24N4O4. The molecule has 8 heteroatoms. The van der Waals surface area contributed by atoms with Crippen LogP contribution < -0.4 is 14.8 Å². The standard InChI is InChI=1S/C21H24N4O4/c1-14(16-9-10-19(28-2)20(11-16)29-3)22-21(27)17-12-25(24-23-17)13-18(26)15-7-5-4-6-8-15/h4-12,14,18,26H,13H2,1-3H3,(H,22,27)/t14-,18+/m1/s1. The second kappa shape index (κ2) is 9.20. The summed E-state index contributed by atoms with van der Waals surface area (Å²) in [6, 6.07) is 14.5. The van der Waals surface area contributed by atoms with Gasteiger partial charge < -0.3 is 19.9 Å². The molecule has 2 atom stereocenters. The molecule has 152 valence electrons. The number of rotatable bonds is 8. The number of aliphatic hydroxyl groups excluding tert-OH is 1. The summed E-state index contributed by atoms with van der Waals surface area (Å²) in [4.78, 5) is 12.5. The largest absolute Gasteiger partial charge is 0.493 e. The van der Waals surface area contributed by atoms with Crippen molar-refractivity contribution in [2.45, 2.75) is 25.6 Å². The molecule has 0 aliphatic rings. The van der Waals surface area contributed by atoms with Crippen molar-refractivity contribution in [2.24, 2.45) is 0 Å². The fourth-order valence-electron chi connectivity index (χ4n) is 2.93. The number of carbonyl (C=O) groups is 1. The van der Waals surface area contributed by atoms with Crippen LogP contribution in [0.25, 0.3) is 0 Å². The molecule has 0 saturated carbocycles. The number of hydrogen-bond acceptors (Lipinski definition) is 6. The third-order valence-electron chi connectivity index (χ3n) is 4.57. The van der Waals surface area contributed by atoms with Gasteiger partial charge in [-0.1, -0.05) is 41.6 Å². The quantitative estimate of drug-likeness (QED) is 0.607. The minimum atomic E-state index is -0.737. The smallest absolute Gasteiger partial charge is 0.273 e. The third kappa shape index (κ3) is 4.91. The Morgan fingerprint density at radius 2 is 1.83 bits per heavy atom. The molecule has 3 rings (SSSR count). The summed E-state index contributed by atoms with van der Waals surface area (Å²) in [7, 11) is 3.13. The molecule has 1 heterocycles. The lowest BCUT2D eigenvalue weighted by Crippen LogP contribution is -2.27. The number of methoxy groups -OCH3 is 2. The highest BCUT2D eigenvalue weighted by Crippen LogP contribution is 2.29. The highest BCUT2D eigenvalue weighted by molar-refractivity contribution is 5.92. The maximum absolute atomic E-state index is 12.5. The summed E-state index contributed by atoms with van der Waals surface area (Å²) < 4.78 is 12.0. The Balaban J connectivity index is 1.64. The fourth-order valence-corrected chi connectivity index (χ4v) is 2.93. The minimum Gasteiger partial charge on any atom is -0.493 e. The second-order valence-corrected chi connectivity index (χ2v) is 6.56. The van der Waals surface area contributed by atoms with E-state index in [1.54, 1.807) is 20.3 Å². The maximum Gasteiger partial charge on any atom is 0.273 e. The molecule has 0 fully saturated rings. The zero-order valence-electron chi connectivity index (χ0n) is 16.6. The molecule has 0 unspecified atom stereocenters. The number of nitrogens with one attached hydrogen (secondary N) is 1. The monoisotopic (exact) mass is 396 g/mol. The van der Waals surface area contributed by atoms with Gasteiger partial charge in [-0.05, 0) is 30.2 Å². The lowest BCUT2D eigenvalue weighted by Gasteiger charge is -2.16. The number of carbonyl (C=O) groups excluding carboxylic acids is 1. The van der Waals surface area contributed by atoms with Gasteiger partial charge in [0.15, 0.2) is 17.2 Å². The minimum absolute atomic E-state index is 0.178. The van der Waals surface area contributed by atoms with E-state index in [1.165, 1.54) is 10.9 Å². The van der Waals surface area contributed by atoms with Crippen LogP contribution in [0, 0.1) is 0 Å². The highest BCUT2D eigenvalue weighted by atomic mass is 16.5. The van der Waals surface area contributed by atoms with E-state index < -0.39 is 6.10 Å². The number of amides is 1. The average Bonchev–Trinajstić information content (AvgIpc) is 3.22. The van der Waals surface area contributed by atoms with Gasteiger partial charge in [-0.15, -0.1) is 5.10 Å². The van der Waals surface area contributed by atoms with Gasteiger partial charge in [0.1, 0.15) is 0 Å². The fraction of sp³-hybridized carbons (Fsp3) is 0.286. The van der Waals surface area contributed by atoms with Gasteiger partial charge in [-0.25, -0.2) is 4.68 Å². The molecule has 0 aliphatic carbocycles. The zero-order valence-corrected chi connectivity index (χ0v) is 16.6. The van der Waals surface area contributed by atoms with Crippen molar-refractivity contribution in [2.75, 3.05) is 14.2 Å². The zero-order chi connectivity index (χ0) is 20.8. The highest BCUT2D eigenvalue weighted by Gasteiger charge is 2.17. The Morgan fingerprint density at radius 1 is 1.10 bits per heavy atom. The molecule has 0 aliphatic heterocycles. The van der Waals surface area contributed by atoms with E-state index in [0.717, 1.165) is 11.1 Å². The summed E-state index contributed by atoms with van der Waals surface area (Å²) >= 11 is 0. The van der Waals surface area contributed by atoms with Crippen molar-refractivity contribution >= 4 is 5.91 Å². The molecule has 8 nitrogen and oxygen atoms in total. The van der Waals surface area contributed by atoms with E-state index in [-0.39, 0.29) is 24.2 Å². The van der Waals surface area contributed by atoms with Crippen LogP contribution in [0.4, 0.5) is 0 Å². The SMILES string of the molecule is COc1ccc([C@@H](C)NC(=O)c2cn(C[C@H](O)c3ccccc3)nn2)cc1OC. The molecule has 0 bridgehead atoms. The first-order chi connectivity index (χ1) is 14.0. The van der Waals surface area contributed by atoms with Crippen LogP contribution in [0.15, 0.2) is 54.7 Å². The first-order valence-corrected chi connectivity index (χ1v) is 9.17. The second-order valence-electron chi connectivity index (χ2n) is 6.56. The Morgan fingerprint density at radius 3 is 2.52 bits per heavy atom. The molecule has 0 spiro atoms. The maximum atomic E-state index is 12.5. The van der Waals surface area contributed by atoms with E-state index in [9.17, 15) is 9.90 Å². The molecular weight excluding hydrogens is 372 g/mol. The van der Waals surface area contributed by atoms with E-state index in [4.69, 9.17) is 9.47 Å². The lowest BCUT2D eigenvalue weighted by molar-refractivity contribution is 0.0934. The predicted molar refractivity (Wildman–Crippen MR) is 107 cm³/mol. The van der Waals surface area contributed by atoms with Gasteiger partial charge in [-0.2, -0.15) is 0 Å². The molecule has 2 N–H and O–H groups in total. The summed E-state index contributed by atoms with van der Waals surface area (Å²) in [5, 5.41) is 21.0. The number of ether oxygens (including phenoxy) is 2. The molecule has 29 heavy (non-hydrogen) atoms. The third-order valence-corrected chi connectivity index (χ3v) is 4.57. The van der Waals surface area contributed by atoms with E-state index >= 15 is 0 Å².